The highest BCUT2D eigenvalue weighted by molar-refractivity contribution is 5.82. The van der Waals surface area contributed by atoms with Gasteiger partial charge in [0.05, 0.1) is 5.41 Å². The van der Waals surface area contributed by atoms with Crippen LogP contribution < -0.4 is 16.8 Å². The molecule has 17 heavy (non-hydrogen) atoms. The van der Waals surface area contributed by atoms with Gasteiger partial charge in [0.2, 0.25) is 5.91 Å². The lowest BCUT2D eigenvalue weighted by atomic mass is 9.79. The molecule has 0 unspecified atom stereocenters. The van der Waals surface area contributed by atoms with Crippen LogP contribution in [0.15, 0.2) is 0 Å². The van der Waals surface area contributed by atoms with Crippen LogP contribution in [0.1, 0.15) is 51.4 Å². The first-order valence-corrected chi connectivity index (χ1v) is 6.93. The third kappa shape index (κ3) is 4.28. The van der Waals surface area contributed by atoms with Crippen molar-refractivity contribution in [3.05, 3.63) is 0 Å². The van der Waals surface area contributed by atoms with Crippen molar-refractivity contribution in [3.63, 3.8) is 0 Å². The van der Waals surface area contributed by atoms with Crippen LogP contribution in [0.3, 0.4) is 0 Å². The van der Waals surface area contributed by atoms with Gasteiger partial charge in [-0.25, -0.2) is 0 Å². The normalized spacial score (nSPS) is 19.6. The van der Waals surface area contributed by atoms with Gasteiger partial charge in [0.25, 0.3) is 0 Å². The Balaban J connectivity index is 2.43. The maximum atomic E-state index is 12.2. The summed E-state index contributed by atoms with van der Waals surface area (Å²) in [7, 11) is 0. The second-order valence-corrected chi connectivity index (χ2v) is 5.15. The molecule has 0 heterocycles. The van der Waals surface area contributed by atoms with Crippen molar-refractivity contribution < 1.29 is 4.79 Å². The van der Waals surface area contributed by atoms with Gasteiger partial charge in [-0.1, -0.05) is 25.7 Å². The largest absolute Gasteiger partial charge is 0.356 e. The fraction of sp³-hybridized carbons (Fsp3) is 0.923. The molecule has 0 radical (unpaired) electrons. The average molecular weight is 241 g/mol. The third-order valence-corrected chi connectivity index (χ3v) is 3.85. The number of carbonyl (C=O) groups is 1. The Labute approximate surface area is 105 Å². The van der Waals surface area contributed by atoms with Crippen molar-refractivity contribution in [2.45, 2.75) is 51.4 Å². The zero-order valence-corrected chi connectivity index (χ0v) is 10.8. The summed E-state index contributed by atoms with van der Waals surface area (Å²) in [6.45, 7) is 1.91. The number of carbonyl (C=O) groups excluding carboxylic acids is 1. The number of nitrogens with two attached hydrogens (primary N) is 2. The van der Waals surface area contributed by atoms with E-state index in [0.29, 0.717) is 13.1 Å². The van der Waals surface area contributed by atoms with Crippen LogP contribution >= 0.6 is 0 Å². The van der Waals surface area contributed by atoms with Crippen molar-refractivity contribution in [3.8, 4) is 0 Å². The van der Waals surface area contributed by atoms with Gasteiger partial charge in [-0.15, -0.1) is 0 Å². The molecule has 0 aromatic heterocycles. The van der Waals surface area contributed by atoms with E-state index >= 15 is 0 Å². The predicted octanol–water partition coefficient (Wildman–Crippen LogP) is 1.14. The quantitative estimate of drug-likeness (QED) is 0.482. The number of amides is 1. The first-order chi connectivity index (χ1) is 8.25. The van der Waals surface area contributed by atoms with Gasteiger partial charge in [-0.05, 0) is 32.2 Å². The summed E-state index contributed by atoms with van der Waals surface area (Å²) in [5.74, 6) is 0.166. The molecule has 100 valence electrons. The Kier molecular flexibility index (Phi) is 6.52. The highest BCUT2D eigenvalue weighted by atomic mass is 16.2. The van der Waals surface area contributed by atoms with Crippen molar-refractivity contribution >= 4 is 5.91 Å². The molecule has 0 aromatic rings. The van der Waals surface area contributed by atoms with Crippen LogP contribution in [-0.4, -0.2) is 25.5 Å². The van der Waals surface area contributed by atoms with Gasteiger partial charge in [0.1, 0.15) is 0 Å². The van der Waals surface area contributed by atoms with Gasteiger partial charge in [-0.2, -0.15) is 0 Å². The molecule has 5 N–H and O–H groups in total. The van der Waals surface area contributed by atoms with Gasteiger partial charge in [-0.3, -0.25) is 4.79 Å². The molecule has 0 saturated heterocycles. The minimum atomic E-state index is -0.292. The number of hydrogen-bond donors (Lipinski definition) is 3. The molecule has 0 spiro atoms. The van der Waals surface area contributed by atoms with E-state index in [0.717, 1.165) is 45.1 Å². The second kappa shape index (κ2) is 7.67. The van der Waals surface area contributed by atoms with E-state index in [4.69, 9.17) is 11.5 Å². The maximum absolute atomic E-state index is 12.2. The molecule has 1 amide bonds. The zero-order valence-electron chi connectivity index (χ0n) is 10.8. The van der Waals surface area contributed by atoms with E-state index in [1.54, 1.807) is 0 Å². The van der Waals surface area contributed by atoms with Crippen LogP contribution in [-0.2, 0) is 4.79 Å². The topological polar surface area (TPSA) is 81.1 Å². The minimum Gasteiger partial charge on any atom is -0.356 e. The predicted molar refractivity (Wildman–Crippen MR) is 70.5 cm³/mol. The van der Waals surface area contributed by atoms with Crippen molar-refractivity contribution in [1.82, 2.24) is 5.32 Å². The summed E-state index contributed by atoms with van der Waals surface area (Å²) in [6, 6.07) is 0. The lowest BCUT2D eigenvalue weighted by Crippen LogP contribution is -2.46. The smallest absolute Gasteiger partial charge is 0.227 e. The molecule has 0 aliphatic heterocycles. The van der Waals surface area contributed by atoms with Crippen LogP contribution in [0.25, 0.3) is 0 Å². The molecule has 1 fully saturated rings. The lowest BCUT2D eigenvalue weighted by Gasteiger charge is -2.29. The number of unbranched alkanes of at least 4 members (excludes halogenated alkanes) is 1. The van der Waals surface area contributed by atoms with Gasteiger partial charge in [0.15, 0.2) is 0 Å². The van der Waals surface area contributed by atoms with Crippen LogP contribution in [0.2, 0.25) is 0 Å². The monoisotopic (exact) mass is 241 g/mol. The molecule has 1 aliphatic carbocycles. The SMILES string of the molecule is NCCCCNC(=O)C1(CN)CCCCCC1. The highest BCUT2D eigenvalue weighted by Gasteiger charge is 2.36. The van der Waals surface area contributed by atoms with Crippen LogP contribution in [0, 0.1) is 5.41 Å². The first kappa shape index (κ1) is 14.5. The van der Waals surface area contributed by atoms with E-state index in [1.807, 2.05) is 0 Å². The fourth-order valence-electron chi connectivity index (χ4n) is 2.59. The van der Waals surface area contributed by atoms with E-state index in [9.17, 15) is 4.79 Å². The van der Waals surface area contributed by atoms with E-state index in [2.05, 4.69) is 5.32 Å². The third-order valence-electron chi connectivity index (χ3n) is 3.85. The lowest BCUT2D eigenvalue weighted by molar-refractivity contribution is -0.131. The Morgan fingerprint density at radius 3 is 2.24 bits per heavy atom. The number of nitrogens with one attached hydrogen (secondary N) is 1. The first-order valence-electron chi connectivity index (χ1n) is 6.93. The summed E-state index contributed by atoms with van der Waals surface area (Å²) in [4.78, 5) is 12.2. The molecular formula is C13H27N3O. The van der Waals surface area contributed by atoms with Crippen molar-refractivity contribution in [2.75, 3.05) is 19.6 Å². The van der Waals surface area contributed by atoms with Crippen LogP contribution in [0.4, 0.5) is 0 Å². The molecule has 0 bridgehead atoms. The molecular weight excluding hydrogens is 214 g/mol. The van der Waals surface area contributed by atoms with E-state index in [-0.39, 0.29) is 11.3 Å². The molecule has 1 saturated carbocycles. The molecule has 0 atom stereocenters. The molecule has 1 aliphatic rings. The molecule has 4 heteroatoms. The summed E-state index contributed by atoms with van der Waals surface area (Å²) >= 11 is 0. The Hall–Kier alpha value is -0.610. The highest BCUT2D eigenvalue weighted by Crippen LogP contribution is 2.34. The zero-order chi connectivity index (χ0) is 12.6. The van der Waals surface area contributed by atoms with Crippen LogP contribution in [0.5, 0.6) is 0 Å². The van der Waals surface area contributed by atoms with Gasteiger partial charge < -0.3 is 16.8 Å². The average Bonchev–Trinajstić information content (AvgIpc) is 2.60. The number of hydrogen-bond acceptors (Lipinski definition) is 3. The van der Waals surface area contributed by atoms with Gasteiger partial charge in [0, 0.05) is 13.1 Å². The minimum absolute atomic E-state index is 0.166. The number of rotatable bonds is 6. The molecule has 0 aromatic carbocycles. The summed E-state index contributed by atoms with van der Waals surface area (Å²) in [6.07, 6.45) is 8.57. The van der Waals surface area contributed by atoms with Crippen molar-refractivity contribution in [1.29, 1.82) is 0 Å². The van der Waals surface area contributed by atoms with E-state index in [1.165, 1.54) is 12.8 Å². The Morgan fingerprint density at radius 2 is 1.71 bits per heavy atom. The summed E-state index contributed by atoms with van der Waals surface area (Å²) in [5.41, 5.74) is 11.0. The Morgan fingerprint density at radius 1 is 1.06 bits per heavy atom. The molecule has 1 rings (SSSR count). The van der Waals surface area contributed by atoms with E-state index < -0.39 is 0 Å². The Bertz CT molecular complexity index is 223. The standard InChI is InChI=1S/C13H27N3O/c14-9-5-6-10-16-12(17)13(11-15)7-3-1-2-4-8-13/h1-11,14-15H2,(H,16,17). The van der Waals surface area contributed by atoms with Crippen molar-refractivity contribution in [2.24, 2.45) is 16.9 Å². The summed E-state index contributed by atoms with van der Waals surface area (Å²) < 4.78 is 0. The van der Waals surface area contributed by atoms with Gasteiger partial charge >= 0.3 is 0 Å². The maximum Gasteiger partial charge on any atom is 0.227 e. The fourth-order valence-corrected chi connectivity index (χ4v) is 2.59. The second-order valence-electron chi connectivity index (χ2n) is 5.15. The molecule has 4 nitrogen and oxygen atoms in total. The summed E-state index contributed by atoms with van der Waals surface area (Å²) in [5, 5.41) is 3.03.